The number of aromatic nitrogens is 2. The number of nitrogens with one attached hydrogen (secondary N) is 1. The maximum Gasteiger partial charge on any atom is 0.225 e. The Bertz CT molecular complexity index is 496. The van der Waals surface area contributed by atoms with Crippen LogP contribution in [0.2, 0.25) is 0 Å². The molecule has 2 aliphatic rings. The second kappa shape index (κ2) is 5.56. The number of carbonyl (C=O) groups excluding carboxylic acids is 1. The van der Waals surface area contributed by atoms with Gasteiger partial charge in [0, 0.05) is 24.3 Å². The molecule has 110 valence electrons. The lowest BCUT2D eigenvalue weighted by molar-refractivity contribution is -0.127. The number of hydrogen-bond acceptors (Lipinski definition) is 3. The van der Waals surface area contributed by atoms with Crippen molar-refractivity contribution in [2.24, 2.45) is 18.7 Å². The van der Waals surface area contributed by atoms with Gasteiger partial charge in [-0.25, -0.2) is 0 Å². The zero-order valence-corrected chi connectivity index (χ0v) is 12.1. The van der Waals surface area contributed by atoms with Crippen LogP contribution in [0.3, 0.4) is 0 Å². The summed E-state index contributed by atoms with van der Waals surface area (Å²) in [5.74, 6) is 0.129. The van der Waals surface area contributed by atoms with E-state index in [1.54, 1.807) is 0 Å². The van der Waals surface area contributed by atoms with Crippen molar-refractivity contribution in [3.05, 3.63) is 17.5 Å². The summed E-state index contributed by atoms with van der Waals surface area (Å²) in [5.41, 5.74) is 8.56. The van der Waals surface area contributed by atoms with Gasteiger partial charge in [-0.2, -0.15) is 5.10 Å². The molecule has 1 saturated carbocycles. The average molecular weight is 276 g/mol. The number of amides is 1. The van der Waals surface area contributed by atoms with Crippen LogP contribution in [0.4, 0.5) is 0 Å². The lowest BCUT2D eigenvalue weighted by Gasteiger charge is -2.30. The van der Waals surface area contributed by atoms with Gasteiger partial charge in [-0.15, -0.1) is 0 Å². The molecule has 0 spiro atoms. The van der Waals surface area contributed by atoms with E-state index in [0.29, 0.717) is 0 Å². The molecule has 3 rings (SSSR count). The van der Waals surface area contributed by atoms with Crippen LogP contribution in [-0.2, 0) is 18.3 Å². The van der Waals surface area contributed by atoms with E-state index in [-0.39, 0.29) is 23.9 Å². The summed E-state index contributed by atoms with van der Waals surface area (Å²) < 4.78 is 1.93. The summed E-state index contributed by atoms with van der Waals surface area (Å²) in [4.78, 5) is 12.5. The first-order valence-corrected chi connectivity index (χ1v) is 7.73. The summed E-state index contributed by atoms with van der Waals surface area (Å²) in [7, 11) is 1.97. The number of nitrogens with zero attached hydrogens (tertiary/aromatic N) is 2. The van der Waals surface area contributed by atoms with Gasteiger partial charge in [0.15, 0.2) is 0 Å². The molecule has 3 atom stereocenters. The fourth-order valence-corrected chi connectivity index (χ4v) is 3.62. The normalized spacial score (nSPS) is 29.8. The van der Waals surface area contributed by atoms with Gasteiger partial charge in [-0.1, -0.05) is 12.8 Å². The quantitative estimate of drug-likeness (QED) is 0.858. The van der Waals surface area contributed by atoms with E-state index in [4.69, 9.17) is 5.73 Å². The topological polar surface area (TPSA) is 72.9 Å². The summed E-state index contributed by atoms with van der Waals surface area (Å²) in [6.45, 7) is 0. The summed E-state index contributed by atoms with van der Waals surface area (Å²) in [5, 5.41) is 7.54. The Morgan fingerprint density at radius 1 is 1.35 bits per heavy atom. The maximum absolute atomic E-state index is 12.5. The standard InChI is InChI=1S/C15H24N4O/c1-19-14-8-4-7-13(11(14)9-17-19)18-15(20)10-5-2-3-6-12(10)16/h9-10,12-13H,2-8,16H2,1H3,(H,18,20). The second-order valence-electron chi connectivity index (χ2n) is 6.18. The molecule has 0 bridgehead atoms. The van der Waals surface area contributed by atoms with E-state index in [1.807, 2.05) is 17.9 Å². The average Bonchev–Trinajstić information content (AvgIpc) is 2.82. The van der Waals surface area contributed by atoms with Gasteiger partial charge in [0.1, 0.15) is 0 Å². The van der Waals surface area contributed by atoms with Crippen molar-refractivity contribution in [3.63, 3.8) is 0 Å². The third kappa shape index (κ3) is 2.46. The minimum Gasteiger partial charge on any atom is -0.349 e. The van der Waals surface area contributed by atoms with Gasteiger partial charge in [0.05, 0.1) is 18.2 Å². The maximum atomic E-state index is 12.5. The van der Waals surface area contributed by atoms with Crippen LogP contribution in [-0.4, -0.2) is 21.7 Å². The number of hydrogen-bond donors (Lipinski definition) is 2. The molecule has 1 heterocycles. The van der Waals surface area contributed by atoms with E-state index in [1.165, 1.54) is 11.3 Å². The van der Waals surface area contributed by atoms with E-state index in [9.17, 15) is 4.79 Å². The third-order valence-corrected chi connectivity index (χ3v) is 4.85. The van der Waals surface area contributed by atoms with Crippen molar-refractivity contribution in [1.82, 2.24) is 15.1 Å². The molecule has 1 aromatic heterocycles. The Morgan fingerprint density at radius 2 is 2.15 bits per heavy atom. The molecule has 2 aliphatic carbocycles. The number of aryl methyl sites for hydroxylation is 1. The summed E-state index contributed by atoms with van der Waals surface area (Å²) >= 11 is 0. The van der Waals surface area contributed by atoms with Crippen molar-refractivity contribution in [2.75, 3.05) is 0 Å². The fourth-order valence-electron chi connectivity index (χ4n) is 3.62. The molecule has 5 heteroatoms. The number of rotatable bonds is 2. The minimum atomic E-state index is -0.00852. The zero-order valence-electron chi connectivity index (χ0n) is 12.1. The lowest BCUT2D eigenvalue weighted by Crippen LogP contribution is -2.45. The molecule has 3 unspecified atom stereocenters. The molecule has 0 saturated heterocycles. The van der Waals surface area contributed by atoms with E-state index >= 15 is 0 Å². The molecule has 5 nitrogen and oxygen atoms in total. The molecular formula is C15H24N4O. The van der Waals surface area contributed by atoms with Crippen LogP contribution in [0.15, 0.2) is 6.20 Å². The third-order valence-electron chi connectivity index (χ3n) is 4.85. The van der Waals surface area contributed by atoms with Crippen LogP contribution >= 0.6 is 0 Å². The van der Waals surface area contributed by atoms with Gasteiger partial charge < -0.3 is 11.1 Å². The fraction of sp³-hybridized carbons (Fsp3) is 0.733. The van der Waals surface area contributed by atoms with Crippen molar-refractivity contribution >= 4 is 5.91 Å². The first-order valence-electron chi connectivity index (χ1n) is 7.73. The SMILES string of the molecule is Cn1ncc2c1CCCC2NC(=O)C1CCCCC1N. The summed E-state index contributed by atoms with van der Waals surface area (Å²) in [6.07, 6.45) is 9.25. The molecule has 1 amide bonds. The van der Waals surface area contributed by atoms with Crippen molar-refractivity contribution in [1.29, 1.82) is 0 Å². The monoisotopic (exact) mass is 276 g/mol. The molecular weight excluding hydrogens is 252 g/mol. The van der Waals surface area contributed by atoms with Gasteiger partial charge in [-0.05, 0) is 32.1 Å². The number of fused-ring (bicyclic) bond motifs is 1. The Morgan fingerprint density at radius 3 is 2.95 bits per heavy atom. The Balaban J connectivity index is 1.70. The van der Waals surface area contributed by atoms with E-state index in [2.05, 4.69) is 10.4 Å². The predicted octanol–water partition coefficient (Wildman–Crippen LogP) is 1.43. The van der Waals surface area contributed by atoms with Crippen molar-refractivity contribution in [2.45, 2.75) is 57.0 Å². The lowest BCUT2D eigenvalue weighted by atomic mass is 9.83. The molecule has 20 heavy (non-hydrogen) atoms. The molecule has 0 aliphatic heterocycles. The van der Waals surface area contributed by atoms with E-state index < -0.39 is 0 Å². The Labute approximate surface area is 119 Å². The van der Waals surface area contributed by atoms with Crippen molar-refractivity contribution in [3.8, 4) is 0 Å². The molecule has 1 aromatic rings. The largest absolute Gasteiger partial charge is 0.349 e. The van der Waals surface area contributed by atoms with Gasteiger partial charge in [0.25, 0.3) is 0 Å². The van der Waals surface area contributed by atoms with Gasteiger partial charge in [-0.3, -0.25) is 9.48 Å². The van der Waals surface area contributed by atoms with E-state index in [0.717, 1.165) is 44.9 Å². The second-order valence-corrected chi connectivity index (χ2v) is 6.18. The number of nitrogens with two attached hydrogens (primary N) is 1. The van der Waals surface area contributed by atoms with Crippen LogP contribution in [0.25, 0.3) is 0 Å². The van der Waals surface area contributed by atoms with Crippen LogP contribution < -0.4 is 11.1 Å². The number of carbonyl (C=O) groups is 1. The molecule has 1 fully saturated rings. The van der Waals surface area contributed by atoms with Gasteiger partial charge >= 0.3 is 0 Å². The molecule has 3 N–H and O–H groups in total. The van der Waals surface area contributed by atoms with Crippen molar-refractivity contribution < 1.29 is 4.79 Å². The van der Waals surface area contributed by atoms with Gasteiger partial charge in [0.2, 0.25) is 5.91 Å². The first-order chi connectivity index (χ1) is 9.66. The minimum absolute atomic E-state index is 0.00852. The Kier molecular flexibility index (Phi) is 3.78. The summed E-state index contributed by atoms with van der Waals surface area (Å²) in [6, 6.07) is 0.148. The zero-order chi connectivity index (χ0) is 14.1. The molecule has 0 aromatic carbocycles. The highest BCUT2D eigenvalue weighted by atomic mass is 16.2. The highest BCUT2D eigenvalue weighted by Gasteiger charge is 2.31. The van der Waals surface area contributed by atoms with Crippen LogP contribution in [0.1, 0.15) is 55.8 Å². The Hall–Kier alpha value is -1.36. The first kappa shape index (κ1) is 13.6. The highest BCUT2D eigenvalue weighted by molar-refractivity contribution is 5.80. The molecule has 0 radical (unpaired) electrons. The highest BCUT2D eigenvalue weighted by Crippen LogP contribution is 2.30. The predicted molar refractivity (Wildman–Crippen MR) is 77.0 cm³/mol. The van der Waals surface area contributed by atoms with Crippen LogP contribution in [0, 0.1) is 5.92 Å². The van der Waals surface area contributed by atoms with Crippen LogP contribution in [0.5, 0.6) is 0 Å². The smallest absolute Gasteiger partial charge is 0.225 e.